The third kappa shape index (κ3) is 4.33. The molecule has 1 aromatic rings. The second kappa shape index (κ2) is 8.46. The van der Waals surface area contributed by atoms with Crippen molar-refractivity contribution >= 4 is 11.9 Å². The van der Waals surface area contributed by atoms with Crippen LogP contribution in [0.5, 0.6) is 5.75 Å². The Bertz CT molecular complexity index is 609. The van der Waals surface area contributed by atoms with Crippen molar-refractivity contribution in [2.45, 2.75) is 13.8 Å². The van der Waals surface area contributed by atoms with Crippen LogP contribution >= 0.6 is 0 Å². The average Bonchev–Trinajstić information content (AvgIpc) is 2.56. The smallest absolute Gasteiger partial charge is 0.325 e. The lowest BCUT2D eigenvalue weighted by atomic mass is 10.2. The lowest BCUT2D eigenvalue weighted by Gasteiger charge is -2.20. The molecule has 0 heterocycles. The lowest BCUT2D eigenvalue weighted by molar-refractivity contribution is -0.149. The van der Waals surface area contributed by atoms with Gasteiger partial charge in [-0.3, -0.25) is 9.59 Å². The van der Waals surface area contributed by atoms with Crippen LogP contribution in [0.3, 0.4) is 0 Å². The minimum absolute atomic E-state index is 0.0398. The molecule has 0 unspecified atom stereocenters. The summed E-state index contributed by atoms with van der Waals surface area (Å²) in [5.41, 5.74) is 0. The molecule has 0 aliphatic carbocycles. The highest BCUT2D eigenvalue weighted by Gasteiger charge is 2.28. The Morgan fingerprint density at radius 2 is 1.42 bits per heavy atom. The Hall–Kier alpha value is -2.39. The van der Waals surface area contributed by atoms with Gasteiger partial charge in [-0.15, -0.1) is 0 Å². The molecular weight excluding hydrogens is 341 g/mol. The summed E-state index contributed by atoms with van der Waals surface area (Å²) in [5, 5.41) is 0. The van der Waals surface area contributed by atoms with E-state index in [9.17, 15) is 31.5 Å². The quantitative estimate of drug-likeness (QED) is 0.326. The van der Waals surface area contributed by atoms with Crippen molar-refractivity contribution in [3.63, 3.8) is 0 Å². The number of benzene rings is 1. The number of likely N-dealkylation sites (N-methyl/N-ethyl adjacent to an activating group) is 1. The van der Waals surface area contributed by atoms with Crippen LogP contribution in [0.15, 0.2) is 0 Å². The molecule has 10 heteroatoms. The van der Waals surface area contributed by atoms with Crippen molar-refractivity contribution in [1.82, 2.24) is 4.90 Å². The maximum atomic E-state index is 13.4. The summed E-state index contributed by atoms with van der Waals surface area (Å²) in [6.45, 7) is 1.73. The van der Waals surface area contributed by atoms with E-state index in [1.807, 2.05) is 0 Å². The zero-order valence-corrected chi connectivity index (χ0v) is 12.8. The van der Waals surface area contributed by atoms with Gasteiger partial charge in [0.1, 0.15) is 6.54 Å². The maximum Gasteiger partial charge on any atom is 0.325 e. The van der Waals surface area contributed by atoms with Gasteiger partial charge in [-0.05, 0) is 13.8 Å². The van der Waals surface area contributed by atoms with Crippen molar-refractivity contribution in [3.05, 3.63) is 29.1 Å². The molecule has 0 fully saturated rings. The molecule has 0 saturated carbocycles. The molecule has 1 aromatic carbocycles. The molecule has 134 valence electrons. The summed E-state index contributed by atoms with van der Waals surface area (Å²) in [7, 11) is 0. The third-order valence-corrected chi connectivity index (χ3v) is 2.87. The van der Waals surface area contributed by atoms with Gasteiger partial charge in [0.25, 0.3) is 5.91 Å². The number of amides is 1. The summed E-state index contributed by atoms with van der Waals surface area (Å²) in [6.07, 6.45) is 0. The molecule has 0 aliphatic heterocycles. The second-order valence-electron chi connectivity index (χ2n) is 4.40. The molecule has 0 radical (unpaired) electrons. The monoisotopic (exact) mass is 355 g/mol. The number of halogens is 5. The molecule has 0 saturated heterocycles. The van der Waals surface area contributed by atoms with Crippen LogP contribution in [0.2, 0.25) is 0 Å². The Morgan fingerprint density at radius 3 is 1.88 bits per heavy atom. The molecule has 0 bridgehead atoms. The first-order chi connectivity index (χ1) is 11.2. The van der Waals surface area contributed by atoms with Gasteiger partial charge in [-0.1, -0.05) is 0 Å². The zero-order valence-electron chi connectivity index (χ0n) is 12.8. The van der Waals surface area contributed by atoms with Gasteiger partial charge in [0.2, 0.25) is 29.1 Å². The van der Waals surface area contributed by atoms with Crippen molar-refractivity contribution < 1.29 is 41.0 Å². The predicted octanol–water partition coefficient (Wildman–Crippen LogP) is 2.17. The Kier molecular flexibility index (Phi) is 6.93. The highest BCUT2D eigenvalue weighted by atomic mass is 19.2. The van der Waals surface area contributed by atoms with E-state index in [0.29, 0.717) is 0 Å². The van der Waals surface area contributed by atoms with Crippen molar-refractivity contribution in [2.24, 2.45) is 0 Å². The van der Waals surface area contributed by atoms with Crippen LogP contribution in [0.1, 0.15) is 13.8 Å². The van der Waals surface area contributed by atoms with Crippen molar-refractivity contribution in [1.29, 1.82) is 0 Å². The van der Waals surface area contributed by atoms with Gasteiger partial charge in [0.15, 0.2) is 12.4 Å². The molecule has 0 aromatic heterocycles. The van der Waals surface area contributed by atoms with Gasteiger partial charge >= 0.3 is 5.97 Å². The molecule has 5 nitrogen and oxygen atoms in total. The van der Waals surface area contributed by atoms with Crippen LogP contribution in [-0.4, -0.2) is 43.1 Å². The van der Waals surface area contributed by atoms with Crippen molar-refractivity contribution in [3.8, 4) is 5.75 Å². The second-order valence-corrected chi connectivity index (χ2v) is 4.40. The summed E-state index contributed by atoms with van der Waals surface area (Å²) in [5.74, 6) is -14.3. The van der Waals surface area contributed by atoms with Gasteiger partial charge in [0.05, 0.1) is 6.61 Å². The number of esters is 1. The highest BCUT2D eigenvalue weighted by Crippen LogP contribution is 2.29. The van der Waals surface area contributed by atoms with E-state index in [-0.39, 0.29) is 13.2 Å². The third-order valence-electron chi connectivity index (χ3n) is 2.87. The van der Waals surface area contributed by atoms with E-state index in [1.54, 1.807) is 6.92 Å². The van der Waals surface area contributed by atoms with E-state index in [0.717, 1.165) is 4.90 Å². The van der Waals surface area contributed by atoms with Gasteiger partial charge < -0.3 is 14.4 Å². The van der Waals surface area contributed by atoms with E-state index in [1.165, 1.54) is 6.92 Å². The summed E-state index contributed by atoms with van der Waals surface area (Å²) < 4.78 is 74.8. The highest BCUT2D eigenvalue weighted by molar-refractivity contribution is 5.83. The number of hydrogen-bond acceptors (Lipinski definition) is 4. The first-order valence-electron chi connectivity index (χ1n) is 6.82. The number of ether oxygens (including phenoxy) is 2. The maximum absolute atomic E-state index is 13.4. The number of carbonyl (C=O) groups excluding carboxylic acids is 2. The molecule has 1 amide bonds. The molecule has 0 aliphatic rings. The van der Waals surface area contributed by atoms with E-state index in [2.05, 4.69) is 9.47 Å². The normalized spacial score (nSPS) is 10.5. The fourth-order valence-corrected chi connectivity index (χ4v) is 1.68. The SMILES string of the molecule is CCOC(=O)CN(CC)C(=O)COc1c(F)c(F)c(F)c(F)c1F. The molecule has 0 spiro atoms. The molecular formula is C14H14F5NO4. The topological polar surface area (TPSA) is 55.8 Å². The standard InChI is InChI=1S/C14H14F5NO4/c1-3-20(5-8(22)23-4-2)7(21)6-24-14-12(18)10(16)9(15)11(17)13(14)19/h3-6H2,1-2H3. The summed E-state index contributed by atoms with van der Waals surface area (Å²) in [4.78, 5) is 24.1. The van der Waals surface area contributed by atoms with Gasteiger partial charge in [-0.2, -0.15) is 8.78 Å². The van der Waals surface area contributed by atoms with Crippen molar-refractivity contribution in [2.75, 3.05) is 26.3 Å². The fraction of sp³-hybridized carbons (Fsp3) is 0.429. The van der Waals surface area contributed by atoms with Crippen LogP contribution < -0.4 is 4.74 Å². The van der Waals surface area contributed by atoms with Crippen LogP contribution in [0.25, 0.3) is 0 Å². The lowest BCUT2D eigenvalue weighted by Crippen LogP contribution is -2.39. The predicted molar refractivity (Wildman–Crippen MR) is 70.6 cm³/mol. The minimum Gasteiger partial charge on any atom is -0.477 e. The van der Waals surface area contributed by atoms with Crippen LogP contribution in [0.4, 0.5) is 22.0 Å². The molecule has 1 rings (SSSR count). The molecule has 0 atom stereocenters. The van der Waals surface area contributed by atoms with E-state index in [4.69, 9.17) is 0 Å². The van der Waals surface area contributed by atoms with E-state index < -0.39 is 59.9 Å². The van der Waals surface area contributed by atoms with Crippen LogP contribution in [-0.2, 0) is 14.3 Å². The minimum atomic E-state index is -2.33. The number of nitrogens with zero attached hydrogens (tertiary/aromatic N) is 1. The Balaban J connectivity index is 2.85. The zero-order chi connectivity index (χ0) is 18.4. The first kappa shape index (κ1) is 19.7. The van der Waals surface area contributed by atoms with Gasteiger partial charge in [0, 0.05) is 6.54 Å². The number of rotatable bonds is 7. The molecule has 24 heavy (non-hydrogen) atoms. The summed E-state index contributed by atoms with van der Waals surface area (Å²) in [6, 6.07) is 0. The number of hydrogen-bond donors (Lipinski definition) is 0. The first-order valence-corrected chi connectivity index (χ1v) is 6.82. The largest absolute Gasteiger partial charge is 0.477 e. The average molecular weight is 355 g/mol. The number of carbonyl (C=O) groups is 2. The van der Waals surface area contributed by atoms with E-state index >= 15 is 0 Å². The Labute approximate surface area is 133 Å². The Morgan fingerprint density at radius 1 is 0.917 bits per heavy atom. The fourth-order valence-electron chi connectivity index (χ4n) is 1.68. The molecule has 0 N–H and O–H groups in total. The van der Waals surface area contributed by atoms with Gasteiger partial charge in [-0.25, -0.2) is 13.2 Å². The summed E-state index contributed by atoms with van der Waals surface area (Å²) >= 11 is 0. The van der Waals surface area contributed by atoms with Crippen LogP contribution in [0, 0.1) is 29.1 Å².